The molecule has 0 saturated carbocycles. The fourth-order valence-electron chi connectivity index (χ4n) is 2.06. The summed E-state index contributed by atoms with van der Waals surface area (Å²) < 4.78 is 5.47. The van der Waals surface area contributed by atoms with Crippen molar-refractivity contribution >= 4 is 6.03 Å². The molecule has 2 amide bonds. The van der Waals surface area contributed by atoms with E-state index in [2.05, 4.69) is 15.6 Å². The third-order valence-corrected chi connectivity index (χ3v) is 3.19. The maximum absolute atomic E-state index is 11.9. The van der Waals surface area contributed by atoms with Crippen LogP contribution < -0.4 is 15.4 Å². The maximum atomic E-state index is 11.9. The van der Waals surface area contributed by atoms with Gasteiger partial charge in [0.1, 0.15) is 5.75 Å². The molecular formula is C17H21N3O2. The van der Waals surface area contributed by atoms with Crippen molar-refractivity contribution in [2.75, 3.05) is 6.61 Å². The molecule has 0 spiro atoms. The van der Waals surface area contributed by atoms with Gasteiger partial charge in [-0.15, -0.1) is 0 Å². The highest BCUT2D eigenvalue weighted by atomic mass is 16.5. The predicted molar refractivity (Wildman–Crippen MR) is 85.6 cm³/mol. The minimum Gasteiger partial charge on any atom is -0.494 e. The fraction of sp³-hybridized carbons (Fsp3) is 0.294. The van der Waals surface area contributed by atoms with E-state index in [1.807, 2.05) is 50.2 Å². The average Bonchev–Trinajstić information content (AvgIpc) is 2.54. The second-order valence-electron chi connectivity index (χ2n) is 4.92. The summed E-state index contributed by atoms with van der Waals surface area (Å²) in [6.07, 6.45) is 3.44. The van der Waals surface area contributed by atoms with Gasteiger partial charge in [-0.25, -0.2) is 4.79 Å². The van der Waals surface area contributed by atoms with Crippen LogP contribution in [0.15, 0.2) is 48.8 Å². The summed E-state index contributed by atoms with van der Waals surface area (Å²) in [5, 5.41) is 5.73. The number of nitrogens with one attached hydrogen (secondary N) is 2. The van der Waals surface area contributed by atoms with Crippen LogP contribution >= 0.6 is 0 Å². The van der Waals surface area contributed by atoms with Crippen molar-refractivity contribution in [3.05, 3.63) is 59.9 Å². The highest BCUT2D eigenvalue weighted by Gasteiger charge is 2.10. The molecule has 1 atom stereocenters. The molecule has 2 N–H and O–H groups in total. The van der Waals surface area contributed by atoms with Crippen LogP contribution in [0.2, 0.25) is 0 Å². The molecule has 0 aliphatic heterocycles. The minimum atomic E-state index is -0.210. The second kappa shape index (κ2) is 8.02. The van der Waals surface area contributed by atoms with E-state index >= 15 is 0 Å². The molecule has 0 radical (unpaired) electrons. The predicted octanol–water partition coefficient (Wildman–Crippen LogP) is 3.04. The maximum Gasteiger partial charge on any atom is 0.315 e. The van der Waals surface area contributed by atoms with E-state index < -0.39 is 0 Å². The Bertz CT molecular complexity index is 602. The van der Waals surface area contributed by atoms with Gasteiger partial charge >= 0.3 is 6.03 Å². The van der Waals surface area contributed by atoms with Crippen molar-refractivity contribution < 1.29 is 9.53 Å². The number of amides is 2. The van der Waals surface area contributed by atoms with Gasteiger partial charge < -0.3 is 15.4 Å². The van der Waals surface area contributed by atoms with Crippen LogP contribution in [-0.2, 0) is 6.54 Å². The van der Waals surface area contributed by atoms with E-state index in [1.54, 1.807) is 12.4 Å². The summed E-state index contributed by atoms with van der Waals surface area (Å²) in [6, 6.07) is 11.2. The van der Waals surface area contributed by atoms with Gasteiger partial charge in [-0.05, 0) is 43.2 Å². The molecule has 5 heteroatoms. The number of urea groups is 1. The fourth-order valence-corrected chi connectivity index (χ4v) is 2.06. The number of aromatic nitrogens is 1. The van der Waals surface area contributed by atoms with Crippen LogP contribution in [0.1, 0.15) is 31.0 Å². The molecule has 1 unspecified atom stereocenters. The van der Waals surface area contributed by atoms with Crippen LogP contribution in [0.25, 0.3) is 0 Å². The summed E-state index contributed by atoms with van der Waals surface area (Å²) in [6.45, 7) is 4.96. The van der Waals surface area contributed by atoms with Crippen LogP contribution in [0.5, 0.6) is 5.75 Å². The molecule has 0 aliphatic rings. The molecule has 2 rings (SSSR count). The Kier molecular flexibility index (Phi) is 5.77. The van der Waals surface area contributed by atoms with Gasteiger partial charge in [0.15, 0.2) is 0 Å². The summed E-state index contributed by atoms with van der Waals surface area (Å²) in [5.41, 5.74) is 1.96. The van der Waals surface area contributed by atoms with Crippen molar-refractivity contribution in [2.45, 2.75) is 26.4 Å². The lowest BCUT2D eigenvalue weighted by molar-refractivity contribution is 0.237. The number of carbonyl (C=O) groups is 1. The molecular weight excluding hydrogens is 278 g/mol. The Balaban J connectivity index is 1.86. The largest absolute Gasteiger partial charge is 0.494 e. The van der Waals surface area contributed by atoms with Crippen LogP contribution in [0.4, 0.5) is 4.79 Å². The number of nitrogens with zero attached hydrogens (tertiary/aromatic N) is 1. The molecule has 0 bridgehead atoms. The number of benzene rings is 1. The second-order valence-corrected chi connectivity index (χ2v) is 4.92. The van der Waals surface area contributed by atoms with Crippen molar-refractivity contribution in [1.29, 1.82) is 0 Å². The van der Waals surface area contributed by atoms with Gasteiger partial charge in [0, 0.05) is 18.9 Å². The first kappa shape index (κ1) is 15.8. The van der Waals surface area contributed by atoms with Crippen LogP contribution in [-0.4, -0.2) is 17.6 Å². The summed E-state index contributed by atoms with van der Waals surface area (Å²) >= 11 is 0. The van der Waals surface area contributed by atoms with Gasteiger partial charge in [0.2, 0.25) is 0 Å². The van der Waals surface area contributed by atoms with Crippen molar-refractivity contribution in [2.24, 2.45) is 0 Å². The number of rotatable bonds is 6. The number of pyridine rings is 1. The smallest absolute Gasteiger partial charge is 0.315 e. The molecule has 1 heterocycles. The van der Waals surface area contributed by atoms with Crippen LogP contribution in [0.3, 0.4) is 0 Å². The third-order valence-electron chi connectivity index (χ3n) is 3.19. The van der Waals surface area contributed by atoms with Crippen LogP contribution in [0, 0.1) is 0 Å². The van der Waals surface area contributed by atoms with E-state index in [9.17, 15) is 4.79 Å². The molecule has 2 aromatic rings. The average molecular weight is 299 g/mol. The standard InChI is InChI=1S/C17H21N3O2/c1-3-22-16-8-4-7-15(10-16)13(2)20-17(21)19-12-14-6-5-9-18-11-14/h4-11,13H,3,12H2,1-2H3,(H2,19,20,21). The zero-order chi connectivity index (χ0) is 15.8. The highest BCUT2D eigenvalue weighted by molar-refractivity contribution is 5.74. The van der Waals surface area contributed by atoms with Crippen molar-refractivity contribution in [1.82, 2.24) is 15.6 Å². The van der Waals surface area contributed by atoms with Crippen molar-refractivity contribution in [3.63, 3.8) is 0 Å². The highest BCUT2D eigenvalue weighted by Crippen LogP contribution is 2.19. The zero-order valence-corrected chi connectivity index (χ0v) is 12.9. The number of ether oxygens (including phenoxy) is 1. The molecule has 1 aromatic carbocycles. The number of carbonyl (C=O) groups excluding carboxylic acids is 1. The summed E-state index contributed by atoms with van der Waals surface area (Å²) in [4.78, 5) is 15.9. The first-order valence-corrected chi connectivity index (χ1v) is 7.35. The van der Waals surface area contributed by atoms with E-state index in [0.29, 0.717) is 13.2 Å². The lowest BCUT2D eigenvalue weighted by atomic mass is 10.1. The summed E-state index contributed by atoms with van der Waals surface area (Å²) in [7, 11) is 0. The quantitative estimate of drug-likeness (QED) is 0.861. The molecule has 0 aliphatic carbocycles. The number of hydrogen-bond donors (Lipinski definition) is 2. The molecule has 5 nitrogen and oxygen atoms in total. The zero-order valence-electron chi connectivity index (χ0n) is 12.9. The van der Waals surface area contributed by atoms with E-state index in [-0.39, 0.29) is 12.1 Å². The molecule has 1 aromatic heterocycles. The lowest BCUT2D eigenvalue weighted by Gasteiger charge is -2.16. The Morgan fingerprint density at radius 2 is 2.18 bits per heavy atom. The summed E-state index contributed by atoms with van der Waals surface area (Å²) in [5.74, 6) is 0.810. The monoisotopic (exact) mass is 299 g/mol. The van der Waals surface area contributed by atoms with Crippen molar-refractivity contribution in [3.8, 4) is 5.75 Å². The van der Waals surface area contributed by atoms with E-state index in [4.69, 9.17) is 4.74 Å². The Morgan fingerprint density at radius 1 is 1.32 bits per heavy atom. The molecule has 22 heavy (non-hydrogen) atoms. The lowest BCUT2D eigenvalue weighted by Crippen LogP contribution is -2.36. The topological polar surface area (TPSA) is 63.2 Å². The Morgan fingerprint density at radius 3 is 2.91 bits per heavy atom. The van der Waals surface area contributed by atoms with Gasteiger partial charge in [-0.2, -0.15) is 0 Å². The SMILES string of the molecule is CCOc1cccc(C(C)NC(=O)NCc2cccnc2)c1. The van der Waals surface area contributed by atoms with Gasteiger partial charge in [-0.3, -0.25) is 4.98 Å². The molecule has 0 fully saturated rings. The van der Waals surface area contributed by atoms with Gasteiger partial charge in [-0.1, -0.05) is 18.2 Å². The first-order valence-electron chi connectivity index (χ1n) is 7.35. The third kappa shape index (κ3) is 4.77. The number of hydrogen-bond acceptors (Lipinski definition) is 3. The van der Waals surface area contributed by atoms with Gasteiger partial charge in [0.05, 0.1) is 12.6 Å². The first-order chi connectivity index (χ1) is 10.7. The minimum absolute atomic E-state index is 0.102. The van der Waals surface area contributed by atoms with E-state index in [1.165, 1.54) is 0 Å². The Labute approximate surface area is 130 Å². The molecule has 0 saturated heterocycles. The van der Waals surface area contributed by atoms with E-state index in [0.717, 1.165) is 16.9 Å². The normalized spacial score (nSPS) is 11.5. The van der Waals surface area contributed by atoms with Gasteiger partial charge in [0.25, 0.3) is 0 Å². The Hall–Kier alpha value is -2.56. The molecule has 116 valence electrons.